The largest absolute Gasteiger partial charge is 0.320 e. The molecule has 2 rings (SSSR count). The van der Waals surface area contributed by atoms with E-state index in [0.29, 0.717) is 5.92 Å². The molecule has 0 saturated carbocycles. The molecule has 0 bridgehead atoms. The number of hydrogen-bond acceptors (Lipinski definition) is 2. The molecule has 3 heteroatoms. The number of benzene rings is 1. The van der Waals surface area contributed by atoms with Crippen molar-refractivity contribution >= 4 is 22.9 Å². The molecule has 0 amide bonds. The number of rotatable bonds is 3. The summed E-state index contributed by atoms with van der Waals surface area (Å²) in [4.78, 5) is 1.03. The molecular weight excluding hydrogens is 250 g/mol. The van der Waals surface area contributed by atoms with Crippen molar-refractivity contribution in [3.05, 3.63) is 56.7 Å². The van der Waals surface area contributed by atoms with Crippen LogP contribution in [0.25, 0.3) is 0 Å². The maximum Gasteiger partial charge on any atom is 0.0661 e. The smallest absolute Gasteiger partial charge is 0.0661 e. The molecule has 17 heavy (non-hydrogen) atoms. The van der Waals surface area contributed by atoms with Crippen molar-refractivity contribution < 1.29 is 0 Å². The highest BCUT2D eigenvalue weighted by Gasteiger charge is 2.13. The average Bonchev–Trinajstić information content (AvgIpc) is 2.74. The van der Waals surface area contributed by atoms with Crippen LogP contribution in [0.1, 0.15) is 41.8 Å². The fourth-order valence-electron chi connectivity index (χ4n) is 1.77. The van der Waals surface area contributed by atoms with Crippen LogP contribution in [-0.4, -0.2) is 0 Å². The summed E-state index contributed by atoms with van der Waals surface area (Å²) < 4.78 is 0. The molecule has 1 nitrogen and oxygen atoms in total. The van der Waals surface area contributed by atoms with Crippen LogP contribution in [0.4, 0.5) is 0 Å². The van der Waals surface area contributed by atoms with E-state index in [4.69, 9.17) is 17.3 Å². The summed E-state index contributed by atoms with van der Waals surface area (Å²) >= 11 is 7.70. The molecule has 1 heterocycles. The minimum atomic E-state index is -0.122. The maximum absolute atomic E-state index is 6.21. The van der Waals surface area contributed by atoms with Crippen LogP contribution in [0.15, 0.2) is 35.7 Å². The van der Waals surface area contributed by atoms with Gasteiger partial charge in [-0.2, -0.15) is 0 Å². The fourth-order valence-corrected chi connectivity index (χ4v) is 2.97. The highest BCUT2D eigenvalue weighted by Crippen LogP contribution is 2.31. The van der Waals surface area contributed by atoms with Gasteiger partial charge in [-0.1, -0.05) is 49.7 Å². The van der Waals surface area contributed by atoms with Crippen molar-refractivity contribution in [1.29, 1.82) is 0 Å². The first-order chi connectivity index (χ1) is 8.09. The van der Waals surface area contributed by atoms with Crippen LogP contribution in [0.3, 0.4) is 0 Å². The second kappa shape index (κ2) is 5.21. The number of hydrogen-bond donors (Lipinski definition) is 1. The molecule has 1 aromatic carbocycles. The number of thiophene rings is 1. The molecule has 0 spiro atoms. The molecule has 2 aromatic rings. The van der Waals surface area contributed by atoms with Crippen LogP contribution < -0.4 is 5.73 Å². The third-order valence-corrected chi connectivity index (χ3v) is 4.33. The SMILES string of the molecule is CC(C)c1ccc(C(N)c2sccc2Cl)cc1. The van der Waals surface area contributed by atoms with Gasteiger partial charge in [-0.15, -0.1) is 11.3 Å². The molecule has 2 N–H and O–H groups in total. The lowest BCUT2D eigenvalue weighted by Gasteiger charge is -2.12. The highest BCUT2D eigenvalue weighted by atomic mass is 35.5. The Morgan fingerprint density at radius 2 is 1.65 bits per heavy atom. The van der Waals surface area contributed by atoms with Crippen LogP contribution in [0.2, 0.25) is 5.02 Å². The summed E-state index contributed by atoms with van der Waals surface area (Å²) in [5, 5.41) is 2.73. The van der Waals surface area contributed by atoms with Gasteiger partial charge in [0.2, 0.25) is 0 Å². The zero-order valence-electron chi connectivity index (χ0n) is 9.98. The van der Waals surface area contributed by atoms with Crippen molar-refractivity contribution in [3.63, 3.8) is 0 Å². The molecule has 0 radical (unpaired) electrons. The normalized spacial score (nSPS) is 13.0. The summed E-state index contributed by atoms with van der Waals surface area (Å²) in [5.41, 5.74) is 8.66. The van der Waals surface area contributed by atoms with Gasteiger partial charge in [0.15, 0.2) is 0 Å². The van der Waals surface area contributed by atoms with Crippen molar-refractivity contribution in [3.8, 4) is 0 Å². The van der Waals surface area contributed by atoms with Crippen molar-refractivity contribution in [2.45, 2.75) is 25.8 Å². The van der Waals surface area contributed by atoms with Crippen LogP contribution >= 0.6 is 22.9 Å². The fraction of sp³-hybridized carbons (Fsp3) is 0.286. The van der Waals surface area contributed by atoms with Crippen LogP contribution in [0, 0.1) is 0 Å². The lowest BCUT2D eigenvalue weighted by atomic mass is 9.99. The van der Waals surface area contributed by atoms with Crippen LogP contribution in [0.5, 0.6) is 0 Å². The van der Waals surface area contributed by atoms with E-state index < -0.39 is 0 Å². The third-order valence-electron chi connectivity index (χ3n) is 2.89. The van der Waals surface area contributed by atoms with E-state index in [0.717, 1.165) is 15.5 Å². The molecule has 1 aromatic heterocycles. The number of nitrogens with two attached hydrogens (primary N) is 1. The summed E-state index contributed by atoms with van der Waals surface area (Å²) in [6.07, 6.45) is 0. The zero-order valence-corrected chi connectivity index (χ0v) is 11.6. The zero-order chi connectivity index (χ0) is 12.4. The van der Waals surface area contributed by atoms with Crippen molar-refractivity contribution in [1.82, 2.24) is 0 Å². The van der Waals surface area contributed by atoms with Gasteiger partial charge >= 0.3 is 0 Å². The van der Waals surface area contributed by atoms with Gasteiger partial charge in [0.1, 0.15) is 0 Å². The van der Waals surface area contributed by atoms with E-state index in [-0.39, 0.29) is 6.04 Å². The van der Waals surface area contributed by atoms with Gasteiger partial charge in [-0.3, -0.25) is 0 Å². The standard InChI is InChI=1S/C14H16ClNS/c1-9(2)10-3-5-11(6-4-10)13(16)14-12(15)7-8-17-14/h3-9,13H,16H2,1-2H3. The summed E-state index contributed by atoms with van der Waals surface area (Å²) in [5.74, 6) is 0.547. The minimum absolute atomic E-state index is 0.122. The molecule has 90 valence electrons. The molecule has 1 unspecified atom stereocenters. The number of halogens is 1. The van der Waals surface area contributed by atoms with Crippen LogP contribution in [-0.2, 0) is 0 Å². The van der Waals surface area contributed by atoms with E-state index >= 15 is 0 Å². The Hall–Kier alpha value is -0.830. The average molecular weight is 266 g/mol. The van der Waals surface area contributed by atoms with E-state index in [1.54, 1.807) is 11.3 Å². The van der Waals surface area contributed by atoms with Crippen molar-refractivity contribution in [2.24, 2.45) is 5.73 Å². The minimum Gasteiger partial charge on any atom is -0.320 e. The Labute approximate surface area is 111 Å². The van der Waals surface area contributed by atoms with E-state index in [1.807, 2.05) is 11.4 Å². The first kappa shape index (κ1) is 12.6. The summed E-state index contributed by atoms with van der Waals surface area (Å²) in [7, 11) is 0. The Morgan fingerprint density at radius 3 is 2.12 bits per heavy atom. The predicted octanol–water partition coefficient (Wildman–Crippen LogP) is 4.57. The summed E-state index contributed by atoms with van der Waals surface area (Å²) in [6.45, 7) is 4.37. The van der Waals surface area contributed by atoms with E-state index in [9.17, 15) is 0 Å². The Bertz CT molecular complexity index is 487. The van der Waals surface area contributed by atoms with E-state index in [1.165, 1.54) is 5.56 Å². The lowest BCUT2D eigenvalue weighted by Crippen LogP contribution is -2.10. The Kier molecular flexibility index (Phi) is 3.87. The molecular formula is C14H16ClNS. The molecule has 0 saturated heterocycles. The quantitative estimate of drug-likeness (QED) is 0.864. The maximum atomic E-state index is 6.21. The van der Waals surface area contributed by atoms with Crippen molar-refractivity contribution in [2.75, 3.05) is 0 Å². The Balaban J connectivity index is 2.26. The molecule has 0 aliphatic rings. The third kappa shape index (κ3) is 2.71. The van der Waals surface area contributed by atoms with Gasteiger partial charge in [-0.25, -0.2) is 0 Å². The molecule has 0 aliphatic heterocycles. The summed E-state index contributed by atoms with van der Waals surface area (Å²) in [6, 6.07) is 10.2. The molecule has 0 fully saturated rings. The van der Waals surface area contributed by atoms with Gasteiger partial charge in [0.05, 0.1) is 11.1 Å². The topological polar surface area (TPSA) is 26.0 Å². The monoisotopic (exact) mass is 265 g/mol. The molecule has 0 aliphatic carbocycles. The van der Waals surface area contributed by atoms with Gasteiger partial charge < -0.3 is 5.73 Å². The van der Waals surface area contributed by atoms with Gasteiger partial charge in [0, 0.05) is 4.88 Å². The highest BCUT2D eigenvalue weighted by molar-refractivity contribution is 7.10. The van der Waals surface area contributed by atoms with E-state index in [2.05, 4.69) is 38.1 Å². The first-order valence-corrected chi connectivity index (χ1v) is 6.93. The first-order valence-electron chi connectivity index (χ1n) is 5.68. The lowest BCUT2D eigenvalue weighted by molar-refractivity contribution is 0.854. The van der Waals surface area contributed by atoms with Gasteiger partial charge in [-0.05, 0) is 28.5 Å². The predicted molar refractivity (Wildman–Crippen MR) is 75.9 cm³/mol. The molecule has 1 atom stereocenters. The van der Waals surface area contributed by atoms with Gasteiger partial charge in [0.25, 0.3) is 0 Å². The second-order valence-corrected chi connectivity index (χ2v) is 5.79. The second-order valence-electron chi connectivity index (χ2n) is 4.43. The Morgan fingerprint density at radius 1 is 1.06 bits per heavy atom.